The molecule has 1 aliphatic rings. The van der Waals surface area contributed by atoms with Crippen molar-refractivity contribution in [3.05, 3.63) is 5.89 Å². The van der Waals surface area contributed by atoms with E-state index in [1.807, 2.05) is 0 Å². The standard InChI is InChI=1S/C9H14N4O2/c1-2-7(14)11-9-13-12-8(15-9)6-4-3-5-10-6/h6,10H,2-5H2,1H3,(H,11,13,14). The van der Waals surface area contributed by atoms with E-state index in [0.29, 0.717) is 12.3 Å². The van der Waals surface area contributed by atoms with Crippen LogP contribution in [0.3, 0.4) is 0 Å². The average Bonchev–Trinajstić information content (AvgIpc) is 2.85. The molecule has 6 nitrogen and oxygen atoms in total. The molecule has 1 atom stereocenters. The average molecular weight is 210 g/mol. The van der Waals surface area contributed by atoms with Crippen molar-refractivity contribution in [2.75, 3.05) is 11.9 Å². The van der Waals surface area contributed by atoms with Crippen molar-refractivity contribution in [2.24, 2.45) is 0 Å². The molecule has 15 heavy (non-hydrogen) atoms. The van der Waals surface area contributed by atoms with Crippen LogP contribution in [0.4, 0.5) is 6.01 Å². The normalized spacial score (nSPS) is 20.5. The summed E-state index contributed by atoms with van der Waals surface area (Å²) in [4.78, 5) is 11.1. The minimum atomic E-state index is -0.121. The molecule has 1 aliphatic heterocycles. The SMILES string of the molecule is CCC(=O)Nc1nnc(C2CCCN2)o1. The Morgan fingerprint density at radius 1 is 1.67 bits per heavy atom. The van der Waals surface area contributed by atoms with Gasteiger partial charge in [-0.05, 0) is 19.4 Å². The van der Waals surface area contributed by atoms with Crippen LogP contribution >= 0.6 is 0 Å². The maximum atomic E-state index is 11.1. The lowest BCUT2D eigenvalue weighted by Gasteiger charge is -2.02. The highest BCUT2D eigenvalue weighted by atomic mass is 16.4. The molecule has 0 bridgehead atoms. The molecule has 82 valence electrons. The third-order valence-electron chi connectivity index (χ3n) is 2.37. The zero-order valence-corrected chi connectivity index (χ0v) is 8.62. The van der Waals surface area contributed by atoms with Gasteiger partial charge in [-0.2, -0.15) is 0 Å². The first-order valence-corrected chi connectivity index (χ1v) is 5.16. The van der Waals surface area contributed by atoms with Gasteiger partial charge in [-0.25, -0.2) is 0 Å². The maximum absolute atomic E-state index is 11.1. The summed E-state index contributed by atoms with van der Waals surface area (Å²) in [5.41, 5.74) is 0. The summed E-state index contributed by atoms with van der Waals surface area (Å²) in [6, 6.07) is 0.329. The van der Waals surface area contributed by atoms with Crippen molar-refractivity contribution >= 4 is 11.9 Å². The molecule has 2 N–H and O–H groups in total. The molecular formula is C9H14N4O2. The molecule has 0 saturated carbocycles. The molecule has 1 fully saturated rings. The van der Waals surface area contributed by atoms with Gasteiger partial charge in [0.15, 0.2) is 0 Å². The molecule has 1 aromatic heterocycles. The van der Waals surface area contributed by atoms with Crippen molar-refractivity contribution in [2.45, 2.75) is 32.2 Å². The molecule has 0 spiro atoms. The zero-order valence-electron chi connectivity index (χ0n) is 8.62. The molecule has 2 heterocycles. The van der Waals surface area contributed by atoms with Crippen LogP contribution < -0.4 is 10.6 Å². The Balaban J connectivity index is 2.00. The Bertz CT molecular complexity index is 344. The Morgan fingerprint density at radius 2 is 2.53 bits per heavy atom. The van der Waals surface area contributed by atoms with Gasteiger partial charge in [0.25, 0.3) is 0 Å². The van der Waals surface area contributed by atoms with E-state index in [1.54, 1.807) is 6.92 Å². The number of nitrogens with one attached hydrogen (secondary N) is 2. The van der Waals surface area contributed by atoms with Crippen LogP contribution in [0.2, 0.25) is 0 Å². The van der Waals surface area contributed by atoms with Crippen molar-refractivity contribution in [3.8, 4) is 0 Å². The molecule has 0 radical (unpaired) electrons. The first-order valence-electron chi connectivity index (χ1n) is 5.16. The van der Waals surface area contributed by atoms with E-state index in [1.165, 1.54) is 0 Å². The summed E-state index contributed by atoms with van der Waals surface area (Å²) in [6.07, 6.45) is 2.52. The van der Waals surface area contributed by atoms with E-state index in [2.05, 4.69) is 20.8 Å². The first kappa shape index (κ1) is 10.1. The van der Waals surface area contributed by atoms with E-state index in [0.717, 1.165) is 19.4 Å². The lowest BCUT2D eigenvalue weighted by Crippen LogP contribution is -2.13. The highest BCUT2D eigenvalue weighted by molar-refractivity contribution is 5.88. The van der Waals surface area contributed by atoms with Gasteiger partial charge in [0, 0.05) is 6.42 Å². The fourth-order valence-corrected chi connectivity index (χ4v) is 1.53. The van der Waals surface area contributed by atoms with Crippen molar-refractivity contribution in [3.63, 3.8) is 0 Å². The van der Waals surface area contributed by atoms with Crippen LogP contribution in [-0.2, 0) is 4.79 Å². The highest BCUT2D eigenvalue weighted by Gasteiger charge is 2.22. The maximum Gasteiger partial charge on any atom is 0.322 e. The minimum absolute atomic E-state index is 0.121. The van der Waals surface area contributed by atoms with Gasteiger partial charge in [0.2, 0.25) is 11.8 Å². The first-order chi connectivity index (χ1) is 7.29. The topological polar surface area (TPSA) is 80.0 Å². The number of carbonyl (C=O) groups is 1. The lowest BCUT2D eigenvalue weighted by molar-refractivity contribution is -0.116. The van der Waals surface area contributed by atoms with E-state index in [-0.39, 0.29) is 18.0 Å². The second-order valence-electron chi connectivity index (χ2n) is 3.50. The van der Waals surface area contributed by atoms with Crippen LogP contribution in [0, 0.1) is 0 Å². The Kier molecular flexibility index (Phi) is 2.96. The largest absolute Gasteiger partial charge is 0.406 e. The van der Waals surface area contributed by atoms with Crippen LogP contribution in [0.1, 0.15) is 38.1 Å². The Morgan fingerprint density at radius 3 is 3.20 bits per heavy atom. The Hall–Kier alpha value is -1.43. The van der Waals surface area contributed by atoms with Gasteiger partial charge < -0.3 is 9.73 Å². The third kappa shape index (κ3) is 2.33. The molecule has 6 heteroatoms. The summed E-state index contributed by atoms with van der Waals surface area (Å²) in [5, 5.41) is 13.4. The van der Waals surface area contributed by atoms with Crippen LogP contribution in [0.25, 0.3) is 0 Å². The predicted molar refractivity (Wildman–Crippen MR) is 53.2 cm³/mol. The second kappa shape index (κ2) is 4.39. The molecule has 2 rings (SSSR count). The van der Waals surface area contributed by atoms with Crippen molar-refractivity contribution in [1.29, 1.82) is 0 Å². The smallest absolute Gasteiger partial charge is 0.322 e. The summed E-state index contributed by atoms with van der Waals surface area (Å²) in [6.45, 7) is 2.74. The number of nitrogens with zero attached hydrogens (tertiary/aromatic N) is 2. The van der Waals surface area contributed by atoms with E-state index < -0.39 is 0 Å². The fourth-order valence-electron chi connectivity index (χ4n) is 1.53. The number of amides is 1. The predicted octanol–water partition coefficient (Wildman–Crippen LogP) is 0.843. The van der Waals surface area contributed by atoms with Crippen molar-refractivity contribution < 1.29 is 9.21 Å². The molecular weight excluding hydrogens is 196 g/mol. The van der Waals surface area contributed by atoms with Gasteiger partial charge in [-0.3, -0.25) is 10.1 Å². The number of hydrogen-bond acceptors (Lipinski definition) is 5. The molecule has 1 amide bonds. The van der Waals surface area contributed by atoms with Gasteiger partial charge in [-0.1, -0.05) is 12.0 Å². The monoisotopic (exact) mass is 210 g/mol. The van der Waals surface area contributed by atoms with Gasteiger partial charge in [-0.15, -0.1) is 5.10 Å². The number of aromatic nitrogens is 2. The van der Waals surface area contributed by atoms with E-state index in [4.69, 9.17) is 4.42 Å². The highest BCUT2D eigenvalue weighted by Crippen LogP contribution is 2.22. The van der Waals surface area contributed by atoms with Crippen LogP contribution in [-0.4, -0.2) is 22.6 Å². The van der Waals surface area contributed by atoms with Crippen molar-refractivity contribution in [1.82, 2.24) is 15.5 Å². The molecule has 0 aliphatic carbocycles. The summed E-state index contributed by atoms with van der Waals surface area (Å²) >= 11 is 0. The zero-order chi connectivity index (χ0) is 10.7. The Labute approximate surface area is 87.4 Å². The van der Waals surface area contributed by atoms with E-state index in [9.17, 15) is 4.79 Å². The van der Waals surface area contributed by atoms with E-state index >= 15 is 0 Å². The summed E-state index contributed by atoms with van der Waals surface area (Å²) in [5.74, 6) is 0.434. The fraction of sp³-hybridized carbons (Fsp3) is 0.667. The molecule has 1 saturated heterocycles. The van der Waals surface area contributed by atoms with Gasteiger partial charge >= 0.3 is 6.01 Å². The number of rotatable bonds is 3. The molecule has 1 aromatic rings. The quantitative estimate of drug-likeness (QED) is 0.772. The molecule has 1 unspecified atom stereocenters. The second-order valence-corrected chi connectivity index (χ2v) is 3.50. The molecule has 0 aromatic carbocycles. The summed E-state index contributed by atoms with van der Waals surface area (Å²) in [7, 11) is 0. The number of carbonyl (C=O) groups excluding carboxylic acids is 1. The van der Waals surface area contributed by atoms with Crippen LogP contribution in [0.15, 0.2) is 4.42 Å². The summed E-state index contributed by atoms with van der Waals surface area (Å²) < 4.78 is 5.32. The third-order valence-corrected chi connectivity index (χ3v) is 2.37. The van der Waals surface area contributed by atoms with Crippen LogP contribution in [0.5, 0.6) is 0 Å². The number of anilines is 1. The number of hydrogen-bond donors (Lipinski definition) is 2. The minimum Gasteiger partial charge on any atom is -0.406 e. The lowest BCUT2D eigenvalue weighted by atomic mass is 10.2. The van der Waals surface area contributed by atoms with Gasteiger partial charge in [0.1, 0.15) is 0 Å². The van der Waals surface area contributed by atoms with Gasteiger partial charge in [0.05, 0.1) is 6.04 Å².